The first kappa shape index (κ1) is 32.0. The molecule has 2 unspecified atom stereocenters. The molecule has 0 aromatic rings. The molecule has 0 radical (unpaired) electrons. The summed E-state index contributed by atoms with van der Waals surface area (Å²) in [6, 6.07) is 0.128. The van der Waals surface area contributed by atoms with E-state index in [0.717, 1.165) is 32.1 Å². The summed E-state index contributed by atoms with van der Waals surface area (Å²) in [4.78, 5) is 35.5. The highest BCUT2D eigenvalue weighted by Gasteiger charge is 2.57. The molecule has 3 fully saturated rings. The number of rotatable bonds is 11. The molecule has 2 aliphatic heterocycles. The first-order valence-corrected chi connectivity index (χ1v) is 14.7. The zero-order valence-corrected chi connectivity index (χ0v) is 25.2. The van der Waals surface area contributed by atoms with Crippen molar-refractivity contribution in [3.63, 3.8) is 0 Å². The number of nitrogens with one attached hydrogen (secondary N) is 3. The lowest BCUT2D eigenvalue weighted by Crippen LogP contribution is -2.44. The van der Waals surface area contributed by atoms with Gasteiger partial charge in [0.05, 0.1) is 30.3 Å². The van der Waals surface area contributed by atoms with Crippen LogP contribution in [0, 0.1) is 17.8 Å². The van der Waals surface area contributed by atoms with Crippen LogP contribution in [0.5, 0.6) is 0 Å². The van der Waals surface area contributed by atoms with E-state index < -0.39 is 6.10 Å². The third-order valence-corrected chi connectivity index (χ3v) is 8.57. The highest BCUT2D eigenvalue weighted by Crippen LogP contribution is 2.48. The second-order valence-corrected chi connectivity index (χ2v) is 12.0. The Balaban J connectivity index is 1.49. The predicted octanol–water partition coefficient (Wildman–Crippen LogP) is 3.90. The number of allylic oxidation sites excluding steroid dienone is 3. The van der Waals surface area contributed by atoms with Crippen molar-refractivity contribution < 1.29 is 28.6 Å². The van der Waals surface area contributed by atoms with Gasteiger partial charge in [-0.2, -0.15) is 0 Å². The van der Waals surface area contributed by atoms with Crippen molar-refractivity contribution >= 4 is 17.8 Å². The summed E-state index contributed by atoms with van der Waals surface area (Å²) >= 11 is 0. The van der Waals surface area contributed by atoms with E-state index in [1.807, 2.05) is 0 Å². The summed E-state index contributed by atoms with van der Waals surface area (Å²) in [6.07, 6.45) is 14.0. The molecule has 0 aromatic carbocycles. The summed E-state index contributed by atoms with van der Waals surface area (Å²) in [6.45, 7) is 11.8. The molecule has 1 saturated carbocycles. The van der Waals surface area contributed by atoms with Gasteiger partial charge in [-0.15, -0.1) is 0 Å². The molecule has 2 saturated heterocycles. The molecule has 40 heavy (non-hydrogen) atoms. The lowest BCUT2D eigenvalue weighted by molar-refractivity contribution is -0.143. The lowest BCUT2D eigenvalue weighted by atomic mass is 9.71. The maximum Gasteiger partial charge on any atom is 0.303 e. The first-order chi connectivity index (χ1) is 18.9. The molecule has 2 amide bonds. The Morgan fingerprint density at radius 3 is 2.45 bits per heavy atom. The minimum absolute atomic E-state index is 0.0837. The van der Waals surface area contributed by atoms with Gasteiger partial charge in [-0.1, -0.05) is 37.6 Å². The van der Waals surface area contributed by atoms with Crippen LogP contribution >= 0.6 is 0 Å². The molecule has 1 spiro atoms. The van der Waals surface area contributed by atoms with Crippen LogP contribution in [0.2, 0.25) is 0 Å². The molecule has 0 bridgehead atoms. The van der Waals surface area contributed by atoms with Crippen molar-refractivity contribution in [2.75, 3.05) is 7.05 Å². The molecule has 2 heterocycles. The molecule has 224 valence electrons. The molecule has 9 nitrogen and oxygen atoms in total. The van der Waals surface area contributed by atoms with E-state index in [-0.39, 0.29) is 47.7 Å². The van der Waals surface area contributed by atoms with E-state index in [2.05, 4.69) is 62.1 Å². The van der Waals surface area contributed by atoms with Gasteiger partial charge >= 0.3 is 5.97 Å². The number of esters is 1. The van der Waals surface area contributed by atoms with Gasteiger partial charge < -0.3 is 19.5 Å². The van der Waals surface area contributed by atoms with E-state index >= 15 is 0 Å². The second kappa shape index (κ2) is 14.4. The van der Waals surface area contributed by atoms with Crippen molar-refractivity contribution in [2.45, 2.75) is 116 Å². The fourth-order valence-corrected chi connectivity index (χ4v) is 6.18. The predicted molar refractivity (Wildman–Crippen MR) is 154 cm³/mol. The third-order valence-electron chi connectivity index (χ3n) is 8.57. The van der Waals surface area contributed by atoms with Crippen molar-refractivity contribution in [3.05, 3.63) is 36.0 Å². The highest BCUT2D eigenvalue weighted by molar-refractivity contribution is 5.87. The fraction of sp³-hybridized carbons (Fsp3) is 0.710. The van der Waals surface area contributed by atoms with Gasteiger partial charge in [0, 0.05) is 38.9 Å². The quantitative estimate of drug-likeness (QED) is 0.116. The second-order valence-electron chi connectivity index (χ2n) is 12.0. The van der Waals surface area contributed by atoms with Crippen molar-refractivity contribution in [2.24, 2.45) is 17.8 Å². The Morgan fingerprint density at radius 1 is 1.07 bits per heavy atom. The Hall–Kier alpha value is -2.49. The van der Waals surface area contributed by atoms with E-state index in [9.17, 15) is 14.4 Å². The van der Waals surface area contributed by atoms with Crippen LogP contribution in [0.4, 0.5) is 0 Å². The van der Waals surface area contributed by atoms with E-state index in [1.54, 1.807) is 20.0 Å². The zero-order valence-electron chi connectivity index (χ0n) is 25.2. The molecule has 9 atom stereocenters. The lowest BCUT2D eigenvalue weighted by Gasteiger charge is -2.38. The van der Waals surface area contributed by atoms with E-state index in [0.29, 0.717) is 24.2 Å². The number of hydrogen-bond acceptors (Lipinski definition) is 7. The molecule has 9 heteroatoms. The number of hydrazine groups is 1. The summed E-state index contributed by atoms with van der Waals surface area (Å²) < 4.78 is 17.2. The zero-order chi connectivity index (χ0) is 29.4. The number of epoxide rings is 1. The summed E-state index contributed by atoms with van der Waals surface area (Å²) in [5.74, 6) is 0.813. The smallest absolute Gasteiger partial charge is 0.303 e. The van der Waals surface area contributed by atoms with E-state index in [4.69, 9.17) is 14.2 Å². The number of hydrogen-bond donors (Lipinski definition) is 3. The SMILES string of the molecule is CNNC(=O)C[C@@H]1C[C@@]2(C[C@@H](/C=C/C(C)=C/C[C@@H]3C[C@H](C)C(NC(=O)/C=C\[C@H](C)OC(C)=O)C[C@@H]3C)O1)OC2C. The van der Waals surface area contributed by atoms with Crippen LogP contribution in [0.25, 0.3) is 0 Å². The molecule has 3 N–H and O–H groups in total. The standard InChI is InChI=1S/C31H49N3O6/c1-19(9-12-26-17-31(23(5)40-31)18-27(39-26)16-30(37)34-32-7)8-11-25-14-21(3)28(15-20(25)2)33-29(36)13-10-22(4)38-24(6)35/h8-10,12-13,20-23,25-28,32H,11,14-18H2,1-7H3,(H,33,36)(H,34,37)/b12-9+,13-10-,19-8+/t20-,21-,22-,23?,25+,26+,27+,28?,31+/m0/s1. The monoisotopic (exact) mass is 559 g/mol. The Labute approximate surface area is 239 Å². The minimum Gasteiger partial charge on any atom is -0.459 e. The molecule has 0 aromatic heterocycles. The fourth-order valence-electron chi connectivity index (χ4n) is 6.18. The largest absolute Gasteiger partial charge is 0.459 e. The summed E-state index contributed by atoms with van der Waals surface area (Å²) in [5, 5.41) is 3.14. The number of ether oxygens (including phenoxy) is 3. The van der Waals surface area contributed by atoms with Gasteiger partial charge in [0.15, 0.2) is 0 Å². The normalized spacial score (nSPS) is 35.1. The maximum absolute atomic E-state index is 12.4. The van der Waals surface area contributed by atoms with E-state index in [1.165, 1.54) is 18.6 Å². The van der Waals surface area contributed by atoms with Crippen LogP contribution in [-0.4, -0.2) is 60.9 Å². The van der Waals surface area contributed by atoms with Gasteiger partial charge in [0.2, 0.25) is 11.8 Å². The number of carbonyl (C=O) groups excluding carboxylic acids is 3. The Kier molecular flexibility index (Phi) is 11.5. The summed E-state index contributed by atoms with van der Waals surface area (Å²) in [7, 11) is 1.68. The van der Waals surface area contributed by atoms with Crippen molar-refractivity contribution in [3.8, 4) is 0 Å². The van der Waals surface area contributed by atoms with Crippen LogP contribution in [0.15, 0.2) is 36.0 Å². The number of amides is 2. The molecule has 1 aliphatic carbocycles. The summed E-state index contributed by atoms with van der Waals surface area (Å²) in [5.41, 5.74) is 6.32. The van der Waals surface area contributed by atoms with Crippen LogP contribution in [0.1, 0.15) is 80.1 Å². The van der Waals surface area contributed by atoms with Crippen molar-refractivity contribution in [1.29, 1.82) is 0 Å². The van der Waals surface area contributed by atoms with Gasteiger partial charge in [-0.05, 0) is 63.9 Å². The maximum atomic E-state index is 12.4. The Bertz CT molecular complexity index is 994. The first-order valence-electron chi connectivity index (χ1n) is 14.7. The average molecular weight is 560 g/mol. The molecular weight excluding hydrogens is 510 g/mol. The van der Waals surface area contributed by atoms with Crippen LogP contribution in [-0.2, 0) is 28.6 Å². The minimum atomic E-state index is -0.429. The molecular formula is C31H49N3O6. The third kappa shape index (κ3) is 9.56. The molecule has 3 rings (SSSR count). The van der Waals surface area contributed by atoms with Crippen molar-refractivity contribution in [1.82, 2.24) is 16.2 Å². The highest BCUT2D eigenvalue weighted by atomic mass is 16.6. The van der Waals surface area contributed by atoms with Gasteiger partial charge in [0.1, 0.15) is 6.10 Å². The average Bonchev–Trinajstić information content (AvgIpc) is 3.48. The van der Waals surface area contributed by atoms with Gasteiger partial charge in [0.25, 0.3) is 0 Å². The Morgan fingerprint density at radius 2 is 1.80 bits per heavy atom. The van der Waals surface area contributed by atoms with Crippen LogP contribution < -0.4 is 16.2 Å². The molecule has 3 aliphatic rings. The topological polar surface area (TPSA) is 118 Å². The number of carbonyl (C=O) groups is 3. The van der Waals surface area contributed by atoms with Crippen LogP contribution in [0.3, 0.4) is 0 Å². The van der Waals surface area contributed by atoms with Gasteiger partial charge in [-0.25, -0.2) is 5.43 Å². The van der Waals surface area contributed by atoms with Gasteiger partial charge in [-0.3, -0.25) is 19.8 Å².